The summed E-state index contributed by atoms with van der Waals surface area (Å²) < 4.78 is 1.73. The lowest BCUT2D eigenvalue weighted by atomic mass is 10.2. The van der Waals surface area contributed by atoms with Crippen molar-refractivity contribution in [3.63, 3.8) is 0 Å². The fraction of sp³-hybridized carbons (Fsp3) is 0.500. The third-order valence-corrected chi connectivity index (χ3v) is 5.15. The highest BCUT2D eigenvalue weighted by molar-refractivity contribution is 9.10. The summed E-state index contributed by atoms with van der Waals surface area (Å²) in [5, 5.41) is 0. The van der Waals surface area contributed by atoms with Crippen LogP contribution in [0.4, 0.5) is 0 Å². The summed E-state index contributed by atoms with van der Waals surface area (Å²) in [4.78, 5) is 7.64. The molecule has 3 nitrogen and oxygen atoms in total. The van der Waals surface area contributed by atoms with Crippen LogP contribution in [0.3, 0.4) is 0 Å². The van der Waals surface area contributed by atoms with E-state index in [-0.39, 0.29) is 6.04 Å². The molecule has 2 N–H and O–H groups in total. The maximum Gasteiger partial charge on any atom is 0.192 e. The first-order chi connectivity index (χ1) is 7.50. The number of aliphatic imine (C=N–C) groups is 1. The lowest BCUT2D eigenvalue weighted by Gasteiger charge is -2.29. The standard InChI is InChI=1S/C10H13BrClN3S/c1-5(2)15-7(4-14-10(15)13)8-3-6(11)9(12)16-8/h3,5,7H,4H2,1-2H3,(H2,13,14). The van der Waals surface area contributed by atoms with Crippen LogP contribution < -0.4 is 5.73 Å². The summed E-state index contributed by atoms with van der Waals surface area (Å²) in [7, 11) is 0. The first-order valence-electron chi connectivity index (χ1n) is 5.03. The zero-order chi connectivity index (χ0) is 11.9. The third kappa shape index (κ3) is 2.08. The van der Waals surface area contributed by atoms with Gasteiger partial charge in [0.25, 0.3) is 0 Å². The molecule has 0 aromatic carbocycles. The minimum atomic E-state index is 0.230. The van der Waals surface area contributed by atoms with Crippen molar-refractivity contribution in [3.8, 4) is 0 Å². The monoisotopic (exact) mass is 321 g/mol. The Morgan fingerprint density at radius 2 is 2.38 bits per heavy atom. The van der Waals surface area contributed by atoms with Crippen molar-refractivity contribution in [2.75, 3.05) is 6.54 Å². The molecule has 0 saturated carbocycles. The number of hydrogen-bond donors (Lipinski definition) is 1. The SMILES string of the molecule is CC(C)N1C(N)=NCC1c1cc(Br)c(Cl)s1. The summed E-state index contributed by atoms with van der Waals surface area (Å²) in [6.07, 6.45) is 0. The summed E-state index contributed by atoms with van der Waals surface area (Å²) >= 11 is 11.1. The molecule has 1 aromatic heterocycles. The second-order valence-electron chi connectivity index (χ2n) is 3.99. The molecule has 0 fully saturated rings. The first kappa shape index (κ1) is 12.2. The van der Waals surface area contributed by atoms with E-state index in [4.69, 9.17) is 17.3 Å². The fourth-order valence-corrected chi connectivity index (χ4v) is 3.72. The molecule has 0 spiro atoms. The number of nitrogens with zero attached hydrogens (tertiary/aromatic N) is 2. The van der Waals surface area contributed by atoms with Crippen molar-refractivity contribution in [2.24, 2.45) is 10.7 Å². The van der Waals surface area contributed by atoms with Crippen LogP contribution >= 0.6 is 38.9 Å². The molecule has 1 aliphatic rings. The van der Waals surface area contributed by atoms with Gasteiger partial charge in [-0.2, -0.15) is 0 Å². The lowest BCUT2D eigenvalue weighted by molar-refractivity contribution is 0.293. The molecule has 2 heterocycles. The van der Waals surface area contributed by atoms with Crippen LogP contribution in [0.25, 0.3) is 0 Å². The van der Waals surface area contributed by atoms with E-state index < -0.39 is 0 Å². The summed E-state index contributed by atoms with van der Waals surface area (Å²) in [6, 6.07) is 2.63. The minimum Gasteiger partial charge on any atom is -0.370 e. The van der Waals surface area contributed by atoms with E-state index in [1.807, 2.05) is 0 Å². The molecular formula is C10H13BrClN3S. The van der Waals surface area contributed by atoms with Crippen LogP contribution in [0.1, 0.15) is 24.8 Å². The zero-order valence-corrected chi connectivity index (χ0v) is 12.2. The lowest BCUT2D eigenvalue weighted by Crippen LogP contribution is -2.40. The van der Waals surface area contributed by atoms with Crippen LogP contribution in [-0.4, -0.2) is 23.4 Å². The van der Waals surface area contributed by atoms with Crippen LogP contribution in [0.5, 0.6) is 0 Å². The van der Waals surface area contributed by atoms with Crippen molar-refractivity contribution < 1.29 is 0 Å². The van der Waals surface area contributed by atoms with E-state index >= 15 is 0 Å². The molecule has 1 unspecified atom stereocenters. The van der Waals surface area contributed by atoms with Crippen molar-refractivity contribution in [1.82, 2.24) is 4.90 Å². The first-order valence-corrected chi connectivity index (χ1v) is 7.02. The largest absolute Gasteiger partial charge is 0.370 e. The highest BCUT2D eigenvalue weighted by Gasteiger charge is 2.30. The van der Waals surface area contributed by atoms with Crippen molar-refractivity contribution in [2.45, 2.75) is 25.9 Å². The smallest absolute Gasteiger partial charge is 0.192 e. The van der Waals surface area contributed by atoms with Gasteiger partial charge in [0.15, 0.2) is 5.96 Å². The second-order valence-corrected chi connectivity index (χ2v) is 6.53. The molecule has 2 rings (SSSR count). The molecule has 0 bridgehead atoms. The van der Waals surface area contributed by atoms with Gasteiger partial charge >= 0.3 is 0 Å². The maximum atomic E-state index is 6.06. The average molecular weight is 323 g/mol. The van der Waals surface area contributed by atoms with Gasteiger partial charge in [-0.05, 0) is 35.8 Å². The normalized spacial score (nSPS) is 20.7. The van der Waals surface area contributed by atoms with E-state index in [2.05, 4.69) is 45.7 Å². The van der Waals surface area contributed by atoms with Gasteiger partial charge in [0.1, 0.15) is 4.34 Å². The van der Waals surface area contributed by atoms with E-state index in [1.165, 1.54) is 4.88 Å². The van der Waals surface area contributed by atoms with E-state index in [9.17, 15) is 0 Å². The Morgan fingerprint density at radius 3 is 2.88 bits per heavy atom. The van der Waals surface area contributed by atoms with Gasteiger partial charge in [-0.3, -0.25) is 4.99 Å². The van der Waals surface area contributed by atoms with Crippen LogP contribution in [-0.2, 0) is 0 Å². The molecule has 0 radical (unpaired) electrons. The van der Waals surface area contributed by atoms with Crippen LogP contribution in [0.15, 0.2) is 15.5 Å². The minimum absolute atomic E-state index is 0.230. The topological polar surface area (TPSA) is 41.6 Å². The Morgan fingerprint density at radius 1 is 1.69 bits per heavy atom. The molecule has 1 atom stereocenters. The average Bonchev–Trinajstić information content (AvgIpc) is 2.71. The zero-order valence-electron chi connectivity index (χ0n) is 9.08. The predicted octanol–water partition coefficient (Wildman–Crippen LogP) is 3.24. The van der Waals surface area contributed by atoms with Crippen LogP contribution in [0, 0.1) is 0 Å². The van der Waals surface area contributed by atoms with Crippen molar-refractivity contribution in [3.05, 3.63) is 19.8 Å². The Kier molecular flexibility index (Phi) is 3.47. The molecule has 0 amide bonds. The van der Waals surface area contributed by atoms with Gasteiger partial charge in [0.2, 0.25) is 0 Å². The molecule has 0 saturated heterocycles. The molecule has 1 aromatic rings. The predicted molar refractivity (Wildman–Crippen MR) is 73.2 cm³/mol. The molecule has 1 aliphatic heterocycles. The molecule has 88 valence electrons. The van der Waals surface area contributed by atoms with Crippen molar-refractivity contribution >= 4 is 44.8 Å². The van der Waals surface area contributed by atoms with E-state index in [1.54, 1.807) is 11.3 Å². The summed E-state index contributed by atoms with van der Waals surface area (Å²) in [5.74, 6) is 0.626. The number of rotatable bonds is 2. The highest BCUT2D eigenvalue weighted by Crippen LogP contribution is 2.39. The number of thiophene rings is 1. The van der Waals surface area contributed by atoms with Gasteiger partial charge < -0.3 is 10.6 Å². The van der Waals surface area contributed by atoms with Crippen molar-refractivity contribution in [1.29, 1.82) is 0 Å². The Labute approximate surface area is 112 Å². The quantitative estimate of drug-likeness (QED) is 0.908. The van der Waals surface area contributed by atoms with Gasteiger partial charge in [-0.25, -0.2) is 0 Å². The van der Waals surface area contributed by atoms with Gasteiger partial charge in [0.05, 0.1) is 12.6 Å². The maximum absolute atomic E-state index is 6.06. The molecular weight excluding hydrogens is 310 g/mol. The summed E-state index contributed by atoms with van der Waals surface area (Å²) in [6.45, 7) is 4.95. The summed E-state index contributed by atoms with van der Waals surface area (Å²) in [5.41, 5.74) is 5.89. The fourth-order valence-electron chi connectivity index (χ4n) is 1.89. The molecule has 16 heavy (non-hydrogen) atoms. The number of hydrogen-bond acceptors (Lipinski definition) is 4. The Bertz CT molecular complexity index is 410. The van der Waals surface area contributed by atoms with E-state index in [0.717, 1.165) is 8.81 Å². The Balaban J connectivity index is 2.29. The van der Waals surface area contributed by atoms with Crippen LogP contribution in [0.2, 0.25) is 4.34 Å². The van der Waals surface area contributed by atoms with Gasteiger partial charge in [0, 0.05) is 15.4 Å². The van der Waals surface area contributed by atoms with E-state index in [0.29, 0.717) is 18.5 Å². The molecule has 6 heteroatoms. The number of nitrogens with two attached hydrogens (primary N) is 1. The third-order valence-electron chi connectivity index (χ3n) is 2.58. The molecule has 0 aliphatic carbocycles. The second kappa shape index (κ2) is 4.55. The van der Waals surface area contributed by atoms with Gasteiger partial charge in [-0.15, -0.1) is 11.3 Å². The highest BCUT2D eigenvalue weighted by atomic mass is 79.9. The van der Waals surface area contributed by atoms with Gasteiger partial charge in [-0.1, -0.05) is 11.6 Å². The number of guanidine groups is 1. The Hall–Kier alpha value is -0.260. The number of halogens is 2.